The third-order valence-corrected chi connectivity index (χ3v) is 8.26. The molecule has 1 aromatic carbocycles. The van der Waals surface area contributed by atoms with Gasteiger partial charge in [0.15, 0.2) is 4.33 Å². The average molecular weight is 377 g/mol. The number of hydrogen-bond donors (Lipinski definition) is 0. The van der Waals surface area contributed by atoms with Crippen LogP contribution in [0.15, 0.2) is 40.4 Å². The summed E-state index contributed by atoms with van der Waals surface area (Å²) in [5.41, 5.74) is 0.994. The zero-order valence-electron chi connectivity index (χ0n) is 9.44. The van der Waals surface area contributed by atoms with Crippen LogP contribution in [0.5, 0.6) is 0 Å². The molecule has 0 aliphatic heterocycles. The normalized spacial score (nSPS) is 40.0. The third-order valence-electron chi connectivity index (χ3n) is 3.98. The molecule has 1 fully saturated rings. The number of alkyl halides is 4. The zero-order chi connectivity index (χ0) is 14.1. The summed E-state index contributed by atoms with van der Waals surface area (Å²) in [4.78, 5) is -2.34. The van der Waals surface area contributed by atoms with Crippen molar-refractivity contribution in [2.75, 3.05) is 0 Å². The van der Waals surface area contributed by atoms with E-state index in [0.29, 0.717) is 6.42 Å². The van der Waals surface area contributed by atoms with Crippen LogP contribution in [0, 0.1) is 0 Å². The van der Waals surface area contributed by atoms with Crippen molar-refractivity contribution >= 4 is 69.6 Å². The van der Waals surface area contributed by atoms with E-state index in [9.17, 15) is 0 Å². The molecule has 0 aromatic heterocycles. The van der Waals surface area contributed by atoms with E-state index in [1.807, 2.05) is 30.3 Å². The molecule has 1 unspecified atom stereocenters. The highest BCUT2D eigenvalue weighted by Gasteiger charge is 2.78. The lowest BCUT2D eigenvalue weighted by atomic mass is 9.86. The Morgan fingerprint density at radius 3 is 1.95 bits per heavy atom. The van der Waals surface area contributed by atoms with Crippen molar-refractivity contribution in [3.05, 3.63) is 46.0 Å². The smallest absolute Gasteiger partial charge is 0.110 e. The first-order valence-corrected chi connectivity index (χ1v) is 7.90. The van der Waals surface area contributed by atoms with Gasteiger partial charge in [0.1, 0.15) is 9.75 Å². The lowest BCUT2D eigenvalue weighted by molar-refractivity contribution is 0.601. The molecular formula is C13H8Cl6. The van der Waals surface area contributed by atoms with Crippen molar-refractivity contribution in [3.63, 3.8) is 0 Å². The summed E-state index contributed by atoms with van der Waals surface area (Å²) in [6.45, 7) is 0. The minimum absolute atomic E-state index is 0.183. The SMILES string of the molecule is ClC1=C(Cl)[C@@]2(Cl)C(c3ccccc3)C[C@]1(Cl)C2(Cl)Cl. The number of rotatable bonds is 1. The van der Waals surface area contributed by atoms with E-state index in [1.165, 1.54) is 0 Å². The Hall–Kier alpha value is 0.700. The number of halogens is 6. The molecular weight excluding hydrogens is 369 g/mol. The van der Waals surface area contributed by atoms with E-state index in [4.69, 9.17) is 69.6 Å². The van der Waals surface area contributed by atoms with Gasteiger partial charge in [0.25, 0.3) is 0 Å². The minimum atomic E-state index is -1.45. The highest BCUT2D eigenvalue weighted by atomic mass is 35.5. The fraction of sp³-hybridized carbons (Fsp3) is 0.385. The Labute approximate surface area is 141 Å². The second-order valence-corrected chi connectivity index (χ2v) is 8.21. The molecule has 2 bridgehead atoms. The summed E-state index contributed by atoms with van der Waals surface area (Å²) in [7, 11) is 0. The largest absolute Gasteiger partial charge is 0.166 e. The standard InChI is InChI=1S/C13H8Cl6/c14-9-10(15)12(17)8(7-4-2-1-3-5-7)6-11(9,16)13(12,18)19/h1-5,8H,6H2/t8?,11-,12+/m1/s1. The van der Waals surface area contributed by atoms with Crippen LogP contribution in [-0.4, -0.2) is 14.1 Å². The molecule has 0 amide bonds. The number of hydrogen-bond acceptors (Lipinski definition) is 0. The first kappa shape index (κ1) is 14.6. The quantitative estimate of drug-likeness (QED) is 0.527. The van der Waals surface area contributed by atoms with Crippen LogP contribution in [0.3, 0.4) is 0 Å². The monoisotopic (exact) mass is 374 g/mol. The van der Waals surface area contributed by atoms with E-state index in [-0.39, 0.29) is 16.0 Å². The molecule has 0 spiro atoms. The lowest BCUT2D eigenvalue weighted by Gasteiger charge is -2.34. The molecule has 6 heteroatoms. The van der Waals surface area contributed by atoms with Crippen molar-refractivity contribution in [1.82, 2.24) is 0 Å². The first-order chi connectivity index (χ1) is 8.77. The predicted molar refractivity (Wildman–Crippen MR) is 84.1 cm³/mol. The zero-order valence-corrected chi connectivity index (χ0v) is 14.0. The molecule has 0 saturated heterocycles. The number of fused-ring (bicyclic) bond motifs is 2. The summed E-state index contributed by atoms with van der Waals surface area (Å²) in [6.07, 6.45) is 0.449. The highest BCUT2D eigenvalue weighted by Crippen LogP contribution is 2.76. The van der Waals surface area contributed by atoms with Gasteiger partial charge in [-0.3, -0.25) is 0 Å². The second kappa shape index (κ2) is 4.35. The van der Waals surface area contributed by atoms with Gasteiger partial charge in [-0.25, -0.2) is 0 Å². The van der Waals surface area contributed by atoms with Crippen molar-refractivity contribution in [2.24, 2.45) is 0 Å². The van der Waals surface area contributed by atoms with E-state index in [2.05, 4.69) is 0 Å². The molecule has 0 heterocycles. The van der Waals surface area contributed by atoms with Gasteiger partial charge in [-0.1, -0.05) is 76.7 Å². The maximum atomic E-state index is 6.70. The fourth-order valence-electron chi connectivity index (χ4n) is 2.94. The highest BCUT2D eigenvalue weighted by molar-refractivity contribution is 6.65. The van der Waals surface area contributed by atoms with Crippen LogP contribution in [0.25, 0.3) is 0 Å². The number of benzene rings is 1. The molecule has 0 radical (unpaired) electrons. The summed E-state index contributed by atoms with van der Waals surface area (Å²) in [5.74, 6) is -0.183. The van der Waals surface area contributed by atoms with Gasteiger partial charge in [0, 0.05) is 5.92 Å². The maximum absolute atomic E-state index is 6.70. The molecule has 19 heavy (non-hydrogen) atoms. The molecule has 3 atom stereocenters. The minimum Gasteiger partial charge on any atom is -0.110 e. The Balaban J connectivity index is 2.20. The van der Waals surface area contributed by atoms with Gasteiger partial charge in [-0.15, -0.1) is 23.2 Å². The molecule has 0 N–H and O–H groups in total. The number of allylic oxidation sites excluding steroid dienone is 2. The molecule has 1 saturated carbocycles. The second-order valence-electron chi connectivity index (χ2n) is 4.88. The van der Waals surface area contributed by atoms with Crippen molar-refractivity contribution in [3.8, 4) is 0 Å². The van der Waals surface area contributed by atoms with Crippen molar-refractivity contribution < 1.29 is 0 Å². The summed E-state index contributed by atoms with van der Waals surface area (Å²) >= 11 is 38.6. The molecule has 2 aliphatic rings. The van der Waals surface area contributed by atoms with Gasteiger partial charge in [0.2, 0.25) is 0 Å². The third kappa shape index (κ3) is 1.57. The van der Waals surface area contributed by atoms with E-state index in [0.717, 1.165) is 5.56 Å². The van der Waals surface area contributed by atoms with Crippen LogP contribution in [-0.2, 0) is 0 Å². The van der Waals surface area contributed by atoms with E-state index >= 15 is 0 Å². The Bertz CT molecular complexity index is 566. The van der Waals surface area contributed by atoms with Gasteiger partial charge < -0.3 is 0 Å². The molecule has 102 valence electrons. The molecule has 0 nitrogen and oxygen atoms in total. The van der Waals surface area contributed by atoms with Crippen LogP contribution in [0.4, 0.5) is 0 Å². The topological polar surface area (TPSA) is 0 Å². The first-order valence-electron chi connectivity index (χ1n) is 5.63. The van der Waals surface area contributed by atoms with Crippen LogP contribution < -0.4 is 0 Å². The van der Waals surface area contributed by atoms with Crippen molar-refractivity contribution in [1.29, 1.82) is 0 Å². The summed E-state index contributed by atoms with van der Waals surface area (Å²) in [6, 6.07) is 9.68. The molecule has 3 rings (SSSR count). The van der Waals surface area contributed by atoms with Gasteiger partial charge in [-0.05, 0) is 12.0 Å². The summed E-state index contributed by atoms with van der Waals surface area (Å²) < 4.78 is -1.45. The van der Waals surface area contributed by atoms with Crippen LogP contribution in [0.2, 0.25) is 0 Å². The average Bonchev–Trinajstić information content (AvgIpc) is 2.62. The fourth-order valence-corrected chi connectivity index (χ4v) is 5.74. The van der Waals surface area contributed by atoms with Crippen molar-refractivity contribution in [2.45, 2.75) is 26.4 Å². The van der Waals surface area contributed by atoms with Gasteiger partial charge >= 0.3 is 0 Å². The summed E-state index contributed by atoms with van der Waals surface area (Å²) in [5, 5.41) is 0.499. The lowest BCUT2D eigenvalue weighted by Crippen LogP contribution is -2.43. The maximum Gasteiger partial charge on any atom is 0.166 e. The molecule has 1 aromatic rings. The van der Waals surface area contributed by atoms with E-state index in [1.54, 1.807) is 0 Å². The molecule has 2 aliphatic carbocycles. The predicted octanol–water partition coefficient (Wildman–Crippen LogP) is 6.01. The Morgan fingerprint density at radius 2 is 1.47 bits per heavy atom. The van der Waals surface area contributed by atoms with Crippen LogP contribution >= 0.6 is 69.6 Å². The van der Waals surface area contributed by atoms with Crippen LogP contribution in [0.1, 0.15) is 17.9 Å². The Kier molecular flexibility index (Phi) is 3.35. The van der Waals surface area contributed by atoms with Gasteiger partial charge in [-0.2, -0.15) is 0 Å². The Morgan fingerprint density at radius 1 is 0.895 bits per heavy atom. The van der Waals surface area contributed by atoms with E-state index < -0.39 is 14.1 Å². The van der Waals surface area contributed by atoms with Gasteiger partial charge in [0.05, 0.1) is 10.1 Å².